The summed E-state index contributed by atoms with van der Waals surface area (Å²) in [5.41, 5.74) is -1.95. The molecule has 2 amide bonds. The number of carbonyl (C=O) groups excluding carboxylic acids is 3. The van der Waals surface area contributed by atoms with Gasteiger partial charge in [0.15, 0.2) is 0 Å². The van der Waals surface area contributed by atoms with Crippen molar-refractivity contribution in [2.45, 2.75) is 83.3 Å². The van der Waals surface area contributed by atoms with Crippen LogP contribution in [0.3, 0.4) is 0 Å². The average Bonchev–Trinajstić information content (AvgIpc) is 2.98. The Balaban J connectivity index is 1.92. The fraction of sp³-hybridized carbons (Fsp3) is 0.842. The lowest BCUT2D eigenvalue weighted by molar-refractivity contribution is -0.171. The standard InChI is InChI=1S/C19H31N3O5/c1-10-8-11-9-19(10)21-18(5,6)13(20-16(25)27-17(2,3)4)14(23)22(19)12(11)15(24)26-7/h10-13,21H,8-9H2,1-7H3,(H,20,25)/t10-,11+,12+,13-,19+/m1/s1. The Hall–Kier alpha value is -1.83. The van der Waals surface area contributed by atoms with Crippen molar-refractivity contribution in [2.24, 2.45) is 11.8 Å². The minimum Gasteiger partial charge on any atom is -0.467 e. The first-order valence-corrected chi connectivity index (χ1v) is 9.52. The fourth-order valence-electron chi connectivity index (χ4n) is 5.10. The van der Waals surface area contributed by atoms with Crippen molar-refractivity contribution in [3.63, 3.8) is 0 Å². The predicted octanol–water partition coefficient (Wildman–Crippen LogP) is 1.39. The maximum Gasteiger partial charge on any atom is 0.408 e. The van der Waals surface area contributed by atoms with Gasteiger partial charge in [-0.05, 0) is 59.3 Å². The third-order valence-corrected chi connectivity index (χ3v) is 6.05. The molecule has 2 heterocycles. The van der Waals surface area contributed by atoms with Crippen molar-refractivity contribution >= 4 is 18.0 Å². The summed E-state index contributed by atoms with van der Waals surface area (Å²) in [4.78, 5) is 39.9. The van der Waals surface area contributed by atoms with Crippen LogP contribution in [0.5, 0.6) is 0 Å². The molecular formula is C19H31N3O5. The predicted molar refractivity (Wildman–Crippen MR) is 97.6 cm³/mol. The minimum atomic E-state index is -0.850. The topological polar surface area (TPSA) is 97.0 Å². The van der Waals surface area contributed by atoms with E-state index >= 15 is 0 Å². The lowest BCUT2D eigenvalue weighted by atomic mass is 9.81. The molecule has 1 aliphatic carbocycles. The highest BCUT2D eigenvalue weighted by Gasteiger charge is 2.69. The maximum atomic E-state index is 13.5. The van der Waals surface area contributed by atoms with E-state index in [0.717, 1.165) is 6.42 Å². The van der Waals surface area contributed by atoms with Crippen LogP contribution in [-0.4, -0.2) is 58.9 Å². The summed E-state index contributed by atoms with van der Waals surface area (Å²) in [5, 5.41) is 6.30. The zero-order chi connectivity index (χ0) is 20.4. The quantitative estimate of drug-likeness (QED) is 0.702. The van der Waals surface area contributed by atoms with Crippen molar-refractivity contribution < 1.29 is 23.9 Å². The normalized spacial score (nSPS) is 37.0. The van der Waals surface area contributed by atoms with Crippen molar-refractivity contribution in [3.8, 4) is 0 Å². The molecule has 1 spiro atoms. The summed E-state index contributed by atoms with van der Waals surface area (Å²) >= 11 is 0. The van der Waals surface area contributed by atoms with Crippen LogP contribution in [0.1, 0.15) is 54.4 Å². The largest absolute Gasteiger partial charge is 0.467 e. The van der Waals surface area contributed by atoms with Crippen LogP contribution >= 0.6 is 0 Å². The van der Waals surface area contributed by atoms with E-state index < -0.39 is 40.9 Å². The molecule has 0 radical (unpaired) electrons. The van der Waals surface area contributed by atoms with Crippen LogP contribution in [0.15, 0.2) is 0 Å². The number of esters is 1. The van der Waals surface area contributed by atoms with E-state index in [1.807, 2.05) is 13.8 Å². The molecule has 0 aromatic carbocycles. The highest BCUT2D eigenvalue weighted by Crippen LogP contribution is 2.55. The Kier molecular flexibility index (Phi) is 4.49. The molecule has 2 saturated heterocycles. The molecule has 2 N–H and O–H groups in total. The molecule has 27 heavy (non-hydrogen) atoms. The minimum absolute atomic E-state index is 0.0555. The molecule has 3 aliphatic rings. The van der Waals surface area contributed by atoms with E-state index in [1.54, 1.807) is 25.7 Å². The first-order chi connectivity index (χ1) is 12.3. The summed E-state index contributed by atoms with van der Waals surface area (Å²) in [6, 6.07) is -1.47. The van der Waals surface area contributed by atoms with Gasteiger partial charge in [-0.15, -0.1) is 0 Å². The van der Waals surface area contributed by atoms with Gasteiger partial charge in [0.1, 0.15) is 17.7 Å². The lowest BCUT2D eigenvalue weighted by Gasteiger charge is -2.56. The van der Waals surface area contributed by atoms with Crippen molar-refractivity contribution in [1.29, 1.82) is 0 Å². The third kappa shape index (κ3) is 3.07. The molecule has 1 saturated carbocycles. The Labute approximate surface area is 160 Å². The number of hydrogen-bond acceptors (Lipinski definition) is 6. The number of fused-ring (bicyclic) bond motifs is 1. The SMILES string of the molecule is COC(=O)[C@@H]1[C@H]2C[C@@H](C)[C@@]3(C2)NC(C)(C)[C@H](NC(=O)OC(C)(C)C)C(=O)N13. The molecule has 0 aromatic rings. The molecular weight excluding hydrogens is 350 g/mol. The van der Waals surface area contributed by atoms with Crippen LogP contribution in [0, 0.1) is 11.8 Å². The smallest absolute Gasteiger partial charge is 0.408 e. The highest BCUT2D eigenvalue weighted by molar-refractivity contribution is 5.93. The molecule has 2 aliphatic heterocycles. The van der Waals surface area contributed by atoms with Gasteiger partial charge in [0, 0.05) is 5.54 Å². The average molecular weight is 381 g/mol. The number of carbonyl (C=O) groups is 3. The van der Waals surface area contributed by atoms with E-state index in [1.165, 1.54) is 7.11 Å². The summed E-state index contributed by atoms with van der Waals surface area (Å²) in [6.45, 7) is 11.2. The Morgan fingerprint density at radius 3 is 2.48 bits per heavy atom. The number of rotatable bonds is 2. The van der Waals surface area contributed by atoms with E-state index in [0.29, 0.717) is 6.42 Å². The van der Waals surface area contributed by atoms with E-state index in [4.69, 9.17) is 9.47 Å². The van der Waals surface area contributed by atoms with Crippen LogP contribution in [-0.2, 0) is 19.1 Å². The number of amides is 2. The summed E-state index contributed by atoms with van der Waals surface area (Å²) < 4.78 is 10.3. The second kappa shape index (κ2) is 6.09. The van der Waals surface area contributed by atoms with Gasteiger partial charge >= 0.3 is 12.1 Å². The van der Waals surface area contributed by atoms with Gasteiger partial charge in [-0.2, -0.15) is 0 Å². The van der Waals surface area contributed by atoms with Gasteiger partial charge in [-0.3, -0.25) is 10.1 Å². The number of piperidine rings is 1. The lowest BCUT2D eigenvalue weighted by Crippen LogP contribution is -2.81. The van der Waals surface area contributed by atoms with Crippen LogP contribution in [0.25, 0.3) is 0 Å². The number of alkyl carbamates (subject to hydrolysis) is 1. The zero-order valence-corrected chi connectivity index (χ0v) is 17.2. The van der Waals surface area contributed by atoms with Crippen molar-refractivity contribution in [3.05, 3.63) is 0 Å². The first kappa shape index (κ1) is 19.9. The Bertz CT molecular complexity index is 671. The number of nitrogens with one attached hydrogen (secondary N) is 2. The molecule has 2 bridgehead atoms. The van der Waals surface area contributed by atoms with Gasteiger partial charge in [0.25, 0.3) is 0 Å². The van der Waals surface area contributed by atoms with Gasteiger partial charge < -0.3 is 19.7 Å². The van der Waals surface area contributed by atoms with Gasteiger partial charge in [-0.25, -0.2) is 9.59 Å². The number of ether oxygens (including phenoxy) is 2. The van der Waals surface area contributed by atoms with Crippen LogP contribution in [0.2, 0.25) is 0 Å². The first-order valence-electron chi connectivity index (χ1n) is 9.52. The molecule has 3 fully saturated rings. The Morgan fingerprint density at radius 2 is 1.93 bits per heavy atom. The van der Waals surface area contributed by atoms with Gasteiger partial charge in [-0.1, -0.05) is 6.92 Å². The van der Waals surface area contributed by atoms with E-state index in [9.17, 15) is 14.4 Å². The third-order valence-electron chi connectivity index (χ3n) is 6.05. The van der Waals surface area contributed by atoms with Gasteiger partial charge in [0.2, 0.25) is 5.91 Å². The Morgan fingerprint density at radius 1 is 1.30 bits per heavy atom. The zero-order valence-electron chi connectivity index (χ0n) is 17.2. The molecule has 8 heteroatoms. The number of nitrogens with zero attached hydrogens (tertiary/aromatic N) is 1. The second-order valence-corrected chi connectivity index (χ2v) is 9.63. The number of methoxy groups -OCH3 is 1. The molecule has 8 nitrogen and oxygen atoms in total. The molecule has 3 rings (SSSR count). The van der Waals surface area contributed by atoms with Crippen LogP contribution < -0.4 is 10.6 Å². The molecule has 152 valence electrons. The molecule has 5 atom stereocenters. The number of hydrogen-bond donors (Lipinski definition) is 2. The van der Waals surface area contributed by atoms with Crippen molar-refractivity contribution in [2.75, 3.05) is 7.11 Å². The van der Waals surface area contributed by atoms with Crippen molar-refractivity contribution in [1.82, 2.24) is 15.5 Å². The summed E-state index contributed by atoms with van der Waals surface area (Å²) in [7, 11) is 1.34. The van der Waals surface area contributed by atoms with E-state index in [-0.39, 0.29) is 17.7 Å². The monoisotopic (exact) mass is 381 g/mol. The van der Waals surface area contributed by atoms with Gasteiger partial charge in [0.05, 0.1) is 12.8 Å². The summed E-state index contributed by atoms with van der Waals surface area (Å²) in [5.74, 6) is -0.414. The molecule has 0 unspecified atom stereocenters. The molecule has 0 aromatic heterocycles. The van der Waals surface area contributed by atoms with Crippen LogP contribution in [0.4, 0.5) is 4.79 Å². The second-order valence-electron chi connectivity index (χ2n) is 9.63. The highest BCUT2D eigenvalue weighted by atomic mass is 16.6. The van der Waals surface area contributed by atoms with E-state index in [2.05, 4.69) is 17.6 Å². The summed E-state index contributed by atoms with van der Waals surface area (Å²) in [6.07, 6.45) is 0.915. The fourth-order valence-corrected chi connectivity index (χ4v) is 5.10. The maximum absolute atomic E-state index is 13.5.